The van der Waals surface area contributed by atoms with Crippen LogP contribution in [-0.4, -0.2) is 50.6 Å². The van der Waals surface area contributed by atoms with Crippen molar-refractivity contribution < 1.29 is 13.9 Å². The van der Waals surface area contributed by atoms with E-state index in [0.717, 1.165) is 60.9 Å². The van der Waals surface area contributed by atoms with E-state index in [1.165, 1.54) is 12.1 Å². The Morgan fingerprint density at radius 1 is 0.970 bits per heavy atom. The Morgan fingerprint density at radius 2 is 1.73 bits per heavy atom. The molecule has 3 aromatic rings. The third-order valence-electron chi connectivity index (χ3n) is 6.08. The molecule has 1 saturated heterocycles. The Kier molecular flexibility index (Phi) is 7.58. The molecule has 6 heteroatoms. The van der Waals surface area contributed by atoms with Crippen molar-refractivity contribution in [2.75, 3.05) is 44.7 Å². The summed E-state index contributed by atoms with van der Waals surface area (Å²) in [6.45, 7) is 4.79. The van der Waals surface area contributed by atoms with Crippen molar-refractivity contribution in [2.24, 2.45) is 0 Å². The highest BCUT2D eigenvalue weighted by Gasteiger charge is 2.20. The molecule has 0 radical (unpaired) electrons. The number of benzene rings is 3. The van der Waals surface area contributed by atoms with Gasteiger partial charge in [-0.2, -0.15) is 0 Å². The van der Waals surface area contributed by atoms with Gasteiger partial charge in [0.1, 0.15) is 11.6 Å². The first kappa shape index (κ1) is 22.8. The van der Waals surface area contributed by atoms with Crippen molar-refractivity contribution in [1.82, 2.24) is 10.2 Å². The van der Waals surface area contributed by atoms with E-state index in [9.17, 15) is 9.18 Å². The highest BCUT2D eigenvalue weighted by atomic mass is 19.1. The summed E-state index contributed by atoms with van der Waals surface area (Å²) < 4.78 is 19.1. The number of rotatable bonds is 8. The number of carbonyl (C=O) groups is 1. The lowest BCUT2D eigenvalue weighted by Gasteiger charge is -2.36. The number of nitrogens with zero attached hydrogens (tertiary/aromatic N) is 2. The highest BCUT2D eigenvalue weighted by Crippen LogP contribution is 2.28. The maximum atomic E-state index is 13.7. The van der Waals surface area contributed by atoms with Gasteiger partial charge in [-0.1, -0.05) is 48.5 Å². The van der Waals surface area contributed by atoms with Crippen LogP contribution in [0.2, 0.25) is 0 Å². The van der Waals surface area contributed by atoms with Crippen LogP contribution in [0, 0.1) is 5.82 Å². The number of amides is 1. The van der Waals surface area contributed by atoms with E-state index >= 15 is 0 Å². The number of para-hydroxylation sites is 2. The van der Waals surface area contributed by atoms with Gasteiger partial charge in [-0.3, -0.25) is 9.69 Å². The van der Waals surface area contributed by atoms with Crippen molar-refractivity contribution in [2.45, 2.75) is 13.0 Å². The first-order valence-electron chi connectivity index (χ1n) is 11.3. The smallest absolute Gasteiger partial charge is 0.221 e. The summed E-state index contributed by atoms with van der Waals surface area (Å²) in [4.78, 5) is 17.2. The van der Waals surface area contributed by atoms with Gasteiger partial charge >= 0.3 is 0 Å². The van der Waals surface area contributed by atoms with Gasteiger partial charge in [-0.25, -0.2) is 4.39 Å². The van der Waals surface area contributed by atoms with Crippen LogP contribution >= 0.6 is 0 Å². The van der Waals surface area contributed by atoms with Crippen LogP contribution in [0.25, 0.3) is 11.1 Å². The molecule has 0 saturated carbocycles. The van der Waals surface area contributed by atoms with Gasteiger partial charge in [-0.15, -0.1) is 0 Å². The zero-order valence-electron chi connectivity index (χ0n) is 19.0. The van der Waals surface area contributed by atoms with Crippen molar-refractivity contribution >= 4 is 11.6 Å². The van der Waals surface area contributed by atoms with E-state index in [0.29, 0.717) is 13.0 Å². The quantitative estimate of drug-likeness (QED) is 0.558. The minimum Gasteiger partial charge on any atom is -0.495 e. The summed E-state index contributed by atoms with van der Waals surface area (Å²) in [6, 6.07) is 22.4. The van der Waals surface area contributed by atoms with E-state index in [4.69, 9.17) is 4.74 Å². The second kappa shape index (κ2) is 11.0. The molecule has 0 atom stereocenters. The van der Waals surface area contributed by atoms with Gasteiger partial charge in [0, 0.05) is 45.7 Å². The summed E-state index contributed by atoms with van der Waals surface area (Å²) in [7, 11) is 1.70. The van der Waals surface area contributed by atoms with Crippen molar-refractivity contribution in [3.8, 4) is 16.9 Å². The molecule has 1 aliphatic heterocycles. The van der Waals surface area contributed by atoms with E-state index in [2.05, 4.69) is 21.2 Å². The fourth-order valence-corrected chi connectivity index (χ4v) is 4.26. The number of anilines is 1. The van der Waals surface area contributed by atoms with E-state index < -0.39 is 0 Å². The number of nitrogens with one attached hydrogen (secondary N) is 1. The highest BCUT2D eigenvalue weighted by molar-refractivity contribution is 5.76. The molecule has 0 aromatic heterocycles. The van der Waals surface area contributed by atoms with E-state index in [-0.39, 0.29) is 11.7 Å². The lowest BCUT2D eigenvalue weighted by atomic mass is 9.99. The third-order valence-corrected chi connectivity index (χ3v) is 6.08. The zero-order chi connectivity index (χ0) is 23.0. The Hall–Kier alpha value is -3.38. The predicted octanol–water partition coefficient (Wildman–Crippen LogP) is 4.33. The number of hydrogen-bond donors (Lipinski definition) is 1. The Bertz CT molecular complexity index is 1080. The Balaban J connectivity index is 1.25. The number of ether oxygens (including phenoxy) is 1. The minimum absolute atomic E-state index is 0.0243. The summed E-state index contributed by atoms with van der Waals surface area (Å²) >= 11 is 0. The summed E-state index contributed by atoms with van der Waals surface area (Å²) in [5, 5.41) is 3.03. The maximum absolute atomic E-state index is 13.7. The summed E-state index contributed by atoms with van der Waals surface area (Å²) in [5.74, 6) is 0.650. The van der Waals surface area contributed by atoms with Gasteiger partial charge in [0.05, 0.1) is 12.8 Å². The molecule has 33 heavy (non-hydrogen) atoms. The van der Waals surface area contributed by atoms with Gasteiger partial charge in [-0.05, 0) is 41.0 Å². The molecule has 1 amide bonds. The lowest BCUT2D eigenvalue weighted by Crippen LogP contribution is -2.47. The van der Waals surface area contributed by atoms with Crippen LogP contribution < -0.4 is 15.0 Å². The molecule has 1 aliphatic rings. The standard InChI is InChI=1S/C27H30FN3O2/c1-33-26-12-5-4-11-25(26)31-17-15-30(16-18-31)14-13-27(32)29-20-22-7-2-3-10-24(22)21-8-6-9-23(28)19-21/h2-12,19H,13-18,20H2,1H3,(H,29,32). The molecule has 1 heterocycles. The van der Waals surface area contributed by atoms with Crippen molar-refractivity contribution in [1.29, 1.82) is 0 Å². The SMILES string of the molecule is COc1ccccc1N1CCN(CCC(=O)NCc2ccccc2-c2cccc(F)c2)CC1. The largest absolute Gasteiger partial charge is 0.495 e. The molecular formula is C27H30FN3O2. The average molecular weight is 448 g/mol. The Labute approximate surface area is 194 Å². The first-order chi connectivity index (χ1) is 16.1. The Morgan fingerprint density at radius 3 is 2.52 bits per heavy atom. The molecule has 0 spiro atoms. The first-order valence-corrected chi connectivity index (χ1v) is 11.3. The molecule has 1 fully saturated rings. The number of hydrogen-bond acceptors (Lipinski definition) is 4. The molecule has 3 aromatic carbocycles. The topological polar surface area (TPSA) is 44.8 Å². The van der Waals surface area contributed by atoms with Crippen LogP contribution in [0.3, 0.4) is 0 Å². The molecule has 5 nitrogen and oxygen atoms in total. The third kappa shape index (κ3) is 5.90. The number of halogens is 1. The van der Waals surface area contributed by atoms with Gasteiger partial charge in [0.15, 0.2) is 0 Å². The van der Waals surface area contributed by atoms with Crippen molar-refractivity contribution in [3.63, 3.8) is 0 Å². The minimum atomic E-state index is -0.267. The fraction of sp³-hybridized carbons (Fsp3) is 0.296. The normalized spacial score (nSPS) is 14.2. The summed E-state index contributed by atoms with van der Waals surface area (Å²) in [6.07, 6.45) is 0.455. The molecule has 0 unspecified atom stereocenters. The molecule has 4 rings (SSSR count). The second-order valence-corrected chi connectivity index (χ2v) is 8.19. The number of methoxy groups -OCH3 is 1. The van der Waals surface area contributed by atoms with Crippen molar-refractivity contribution in [3.05, 3.63) is 84.2 Å². The van der Waals surface area contributed by atoms with Crippen LogP contribution in [0.1, 0.15) is 12.0 Å². The van der Waals surface area contributed by atoms with Gasteiger partial charge in [0.2, 0.25) is 5.91 Å². The van der Waals surface area contributed by atoms with Crippen LogP contribution in [0.4, 0.5) is 10.1 Å². The molecular weight excluding hydrogens is 417 g/mol. The van der Waals surface area contributed by atoms with Gasteiger partial charge < -0.3 is 15.0 Å². The summed E-state index contributed by atoms with van der Waals surface area (Å²) in [5.41, 5.74) is 3.84. The average Bonchev–Trinajstić information content (AvgIpc) is 2.86. The molecule has 0 aliphatic carbocycles. The molecule has 1 N–H and O–H groups in total. The van der Waals surface area contributed by atoms with E-state index in [1.807, 2.05) is 48.5 Å². The fourth-order valence-electron chi connectivity index (χ4n) is 4.26. The van der Waals surface area contributed by atoms with Crippen LogP contribution in [0.15, 0.2) is 72.8 Å². The van der Waals surface area contributed by atoms with Crippen LogP contribution in [-0.2, 0) is 11.3 Å². The zero-order valence-corrected chi connectivity index (χ0v) is 19.0. The molecule has 0 bridgehead atoms. The van der Waals surface area contributed by atoms with E-state index in [1.54, 1.807) is 13.2 Å². The lowest BCUT2D eigenvalue weighted by molar-refractivity contribution is -0.121. The predicted molar refractivity (Wildman–Crippen MR) is 130 cm³/mol. The number of piperazine rings is 1. The van der Waals surface area contributed by atoms with Gasteiger partial charge in [0.25, 0.3) is 0 Å². The van der Waals surface area contributed by atoms with Crippen LogP contribution in [0.5, 0.6) is 5.75 Å². The second-order valence-electron chi connectivity index (χ2n) is 8.19. The monoisotopic (exact) mass is 447 g/mol. The maximum Gasteiger partial charge on any atom is 0.221 e. The molecule has 172 valence electrons. The number of carbonyl (C=O) groups excluding carboxylic acids is 1.